The smallest absolute Gasteiger partial charge is 0.398 e. The number of hydrogen-bond donors (Lipinski definition) is 0. The molecule has 4 aromatic rings. The maximum Gasteiger partial charge on any atom is 0.398 e. The second kappa shape index (κ2) is 9.87. The lowest BCUT2D eigenvalue weighted by Crippen LogP contribution is -2.29. The van der Waals surface area contributed by atoms with E-state index in [-0.39, 0.29) is 45.8 Å². The first-order valence-corrected chi connectivity index (χ1v) is 13.4. The van der Waals surface area contributed by atoms with Crippen molar-refractivity contribution in [3.63, 3.8) is 0 Å². The fraction of sp³-hybridized carbons (Fsp3) is 0.192. The molecule has 1 heterocycles. The quantitative estimate of drug-likeness (QED) is 0.102. The Morgan fingerprint density at radius 1 is 0.881 bits per heavy atom. The number of halogens is 9. The molecule has 1 aromatic heterocycles. The van der Waals surface area contributed by atoms with E-state index in [0.717, 1.165) is 54.1 Å². The summed E-state index contributed by atoms with van der Waals surface area (Å²) in [4.78, 5) is 12.1. The fourth-order valence-corrected chi connectivity index (χ4v) is 5.83. The maximum atomic E-state index is 14.0. The lowest BCUT2D eigenvalue weighted by Gasteiger charge is -2.23. The Kier molecular flexibility index (Phi) is 6.96. The van der Waals surface area contributed by atoms with E-state index in [2.05, 4.69) is 4.18 Å². The molecule has 0 bridgehead atoms. The highest BCUT2D eigenvalue weighted by atomic mass is 35.5. The predicted octanol–water partition coefficient (Wildman–Crippen LogP) is 6.71. The van der Waals surface area contributed by atoms with Crippen LogP contribution >= 0.6 is 11.6 Å². The van der Waals surface area contributed by atoms with Crippen LogP contribution in [0.3, 0.4) is 0 Å². The molecule has 0 atom stereocenters. The molecule has 0 N–H and O–H groups in total. The molecule has 0 amide bonds. The summed E-state index contributed by atoms with van der Waals surface area (Å²) in [6.45, 7) is 0. The number of rotatable bonds is 6. The van der Waals surface area contributed by atoms with Crippen molar-refractivity contribution in [2.45, 2.75) is 29.3 Å². The minimum absolute atomic E-state index is 0.0169. The van der Waals surface area contributed by atoms with E-state index in [1.54, 1.807) is 0 Å². The van der Waals surface area contributed by atoms with Crippen molar-refractivity contribution in [2.75, 3.05) is 7.11 Å². The fourth-order valence-electron chi connectivity index (χ4n) is 4.52. The molecular formula is C26H14ClF8NO5S. The summed E-state index contributed by atoms with van der Waals surface area (Å²) in [6.07, 6.45) is -4.99. The molecule has 5 rings (SSSR count). The average Bonchev–Trinajstić information content (AvgIpc) is 3.75. The Labute approximate surface area is 235 Å². The molecule has 1 saturated carbocycles. The third-order valence-electron chi connectivity index (χ3n) is 6.83. The third kappa shape index (κ3) is 4.54. The van der Waals surface area contributed by atoms with Crippen LogP contribution in [0.4, 0.5) is 35.1 Å². The number of alkyl halides is 3. The highest BCUT2D eigenvalue weighted by Gasteiger charge is 2.65. The SMILES string of the molecule is COc1cc(C2(C(F)(F)F)CC2)c(Cl)cc1-n1c(=O)ccc2cc(S(=O)(=O)Oc3c(F)c(F)c(F)c(F)c3F)ccc21. The molecule has 222 valence electrons. The second-order valence-corrected chi connectivity index (χ2v) is 11.2. The highest BCUT2D eigenvalue weighted by molar-refractivity contribution is 7.87. The van der Waals surface area contributed by atoms with Gasteiger partial charge in [-0.2, -0.15) is 30.4 Å². The molecule has 16 heteroatoms. The van der Waals surface area contributed by atoms with Gasteiger partial charge >= 0.3 is 16.3 Å². The van der Waals surface area contributed by atoms with E-state index < -0.39 is 67.0 Å². The number of aromatic nitrogens is 1. The zero-order valence-electron chi connectivity index (χ0n) is 20.8. The van der Waals surface area contributed by atoms with E-state index in [1.165, 1.54) is 0 Å². The van der Waals surface area contributed by atoms with Crippen LogP contribution in [0.1, 0.15) is 18.4 Å². The topological polar surface area (TPSA) is 74.6 Å². The Morgan fingerprint density at radius 2 is 1.48 bits per heavy atom. The van der Waals surface area contributed by atoms with Gasteiger partial charge in [0.1, 0.15) is 10.6 Å². The number of fused-ring (bicyclic) bond motifs is 1. The van der Waals surface area contributed by atoms with Gasteiger partial charge in [0.25, 0.3) is 5.56 Å². The monoisotopic (exact) mass is 639 g/mol. The molecule has 42 heavy (non-hydrogen) atoms. The standard InChI is InChI=1S/C26H14ClF8NO5S/c1-40-17-9-13(25(6-7-25)26(33,34)35)14(27)10-16(17)36-15-4-3-12(8-11(15)2-5-18(36)37)42(38,39)41-24-22(31)20(29)19(28)21(30)23(24)32/h2-5,8-10H,6-7H2,1H3. The first-order chi connectivity index (χ1) is 19.5. The van der Waals surface area contributed by atoms with E-state index in [1.807, 2.05) is 0 Å². The normalized spacial score (nSPS) is 14.7. The van der Waals surface area contributed by atoms with Crippen molar-refractivity contribution in [1.29, 1.82) is 0 Å². The lowest BCUT2D eigenvalue weighted by atomic mass is 9.94. The van der Waals surface area contributed by atoms with Crippen LogP contribution < -0.4 is 14.5 Å². The highest BCUT2D eigenvalue weighted by Crippen LogP contribution is 2.61. The zero-order valence-corrected chi connectivity index (χ0v) is 22.3. The Balaban J connectivity index is 1.62. The molecule has 0 spiro atoms. The lowest BCUT2D eigenvalue weighted by molar-refractivity contribution is -0.160. The van der Waals surface area contributed by atoms with E-state index in [9.17, 15) is 48.3 Å². The van der Waals surface area contributed by atoms with Crippen molar-refractivity contribution in [3.8, 4) is 17.2 Å². The number of benzene rings is 3. The van der Waals surface area contributed by atoms with Crippen LogP contribution in [0.2, 0.25) is 5.02 Å². The van der Waals surface area contributed by atoms with Gasteiger partial charge in [-0.05, 0) is 54.8 Å². The van der Waals surface area contributed by atoms with Crippen molar-refractivity contribution in [2.24, 2.45) is 0 Å². The molecular weight excluding hydrogens is 626 g/mol. The molecule has 0 aliphatic heterocycles. The van der Waals surface area contributed by atoms with Gasteiger partial charge in [-0.25, -0.2) is 13.2 Å². The number of ether oxygens (including phenoxy) is 1. The number of nitrogens with zero attached hydrogens (tertiary/aromatic N) is 1. The summed E-state index contributed by atoms with van der Waals surface area (Å²) in [5.41, 5.74) is -3.25. The molecule has 0 saturated heterocycles. The van der Waals surface area contributed by atoms with E-state index in [4.69, 9.17) is 16.3 Å². The zero-order chi connectivity index (χ0) is 30.9. The largest absolute Gasteiger partial charge is 0.495 e. The van der Waals surface area contributed by atoms with Crippen LogP contribution in [0.15, 0.2) is 52.2 Å². The molecule has 0 radical (unpaired) electrons. The summed E-state index contributed by atoms with van der Waals surface area (Å²) in [5, 5.41) is -0.326. The van der Waals surface area contributed by atoms with Gasteiger partial charge in [0.2, 0.25) is 34.8 Å². The summed E-state index contributed by atoms with van der Waals surface area (Å²) in [6, 6.07) is 7.02. The summed E-state index contributed by atoms with van der Waals surface area (Å²) < 4.78 is 146. The van der Waals surface area contributed by atoms with E-state index >= 15 is 0 Å². The van der Waals surface area contributed by atoms with Gasteiger partial charge in [-0.3, -0.25) is 9.36 Å². The second-order valence-electron chi connectivity index (χ2n) is 9.25. The molecule has 3 aromatic carbocycles. The minimum Gasteiger partial charge on any atom is -0.495 e. The molecule has 1 aliphatic rings. The van der Waals surface area contributed by atoms with Gasteiger partial charge in [0.05, 0.1) is 23.7 Å². The van der Waals surface area contributed by atoms with Crippen LogP contribution in [-0.2, 0) is 15.5 Å². The molecule has 6 nitrogen and oxygen atoms in total. The van der Waals surface area contributed by atoms with Gasteiger partial charge in [-0.15, -0.1) is 0 Å². The number of methoxy groups -OCH3 is 1. The van der Waals surface area contributed by atoms with Crippen LogP contribution in [0, 0.1) is 29.1 Å². The molecule has 1 aliphatic carbocycles. The minimum atomic E-state index is -5.21. The number of hydrogen-bond acceptors (Lipinski definition) is 5. The van der Waals surface area contributed by atoms with Gasteiger partial charge in [0.15, 0.2) is 0 Å². The van der Waals surface area contributed by atoms with Crippen LogP contribution in [0.25, 0.3) is 16.6 Å². The van der Waals surface area contributed by atoms with Gasteiger partial charge < -0.3 is 8.92 Å². The first-order valence-electron chi connectivity index (χ1n) is 11.6. The average molecular weight is 640 g/mol. The van der Waals surface area contributed by atoms with Crippen molar-refractivity contribution < 1.29 is 52.5 Å². The van der Waals surface area contributed by atoms with Crippen LogP contribution in [0.5, 0.6) is 11.5 Å². The van der Waals surface area contributed by atoms with Crippen LogP contribution in [-0.4, -0.2) is 26.3 Å². The third-order valence-corrected chi connectivity index (χ3v) is 8.36. The Bertz CT molecular complexity index is 1930. The van der Waals surface area contributed by atoms with E-state index in [0.29, 0.717) is 0 Å². The molecule has 1 fully saturated rings. The van der Waals surface area contributed by atoms with Crippen molar-refractivity contribution in [1.82, 2.24) is 4.57 Å². The maximum absolute atomic E-state index is 14.0. The van der Waals surface area contributed by atoms with Gasteiger partial charge in [0, 0.05) is 16.5 Å². The number of pyridine rings is 1. The first kappa shape index (κ1) is 29.6. The van der Waals surface area contributed by atoms with Gasteiger partial charge in [-0.1, -0.05) is 11.6 Å². The predicted molar refractivity (Wildman–Crippen MR) is 132 cm³/mol. The van der Waals surface area contributed by atoms with Crippen molar-refractivity contribution >= 4 is 32.6 Å². The summed E-state index contributed by atoms with van der Waals surface area (Å²) >= 11 is 6.26. The summed E-state index contributed by atoms with van der Waals surface area (Å²) in [7, 11) is -4.05. The van der Waals surface area contributed by atoms with Crippen molar-refractivity contribution in [3.05, 3.63) is 92.5 Å². The Hall–Kier alpha value is -3.85. The summed E-state index contributed by atoms with van der Waals surface area (Å²) in [5.74, 6) is -14.6. The molecule has 0 unspecified atom stereocenters. The Morgan fingerprint density at radius 3 is 2.02 bits per heavy atom.